The van der Waals surface area contributed by atoms with E-state index >= 15 is 0 Å². The summed E-state index contributed by atoms with van der Waals surface area (Å²) in [5, 5.41) is 15.1. The van der Waals surface area contributed by atoms with Gasteiger partial charge >= 0.3 is 0 Å². The van der Waals surface area contributed by atoms with Gasteiger partial charge in [0.25, 0.3) is 10.1 Å². The summed E-state index contributed by atoms with van der Waals surface area (Å²) in [4.78, 5) is 0. The van der Waals surface area contributed by atoms with Crippen molar-refractivity contribution in [3.05, 3.63) is 0 Å². The van der Waals surface area contributed by atoms with Crippen LogP contribution >= 0.6 is 0 Å². The van der Waals surface area contributed by atoms with Crippen LogP contribution in [0.25, 0.3) is 0 Å². The van der Waals surface area contributed by atoms with Gasteiger partial charge in [0.05, 0.1) is 5.75 Å². The van der Waals surface area contributed by atoms with Crippen LogP contribution in [0.3, 0.4) is 0 Å². The van der Waals surface area contributed by atoms with Crippen LogP contribution < -0.4 is 6.15 Å². The molecule has 6 nitrogen and oxygen atoms in total. The fourth-order valence-corrected chi connectivity index (χ4v) is 1.26. The van der Waals surface area contributed by atoms with Crippen molar-refractivity contribution in [3.8, 4) is 0 Å². The molecule has 0 amide bonds. The van der Waals surface area contributed by atoms with Gasteiger partial charge in [0.15, 0.2) is 0 Å². The summed E-state index contributed by atoms with van der Waals surface area (Å²) in [6.45, 7) is 7.32. The molecule has 0 aliphatic carbocycles. The fourth-order valence-electron chi connectivity index (χ4n) is 0.421. The van der Waals surface area contributed by atoms with Gasteiger partial charge < -0.3 is 16.4 Å². The monoisotopic (exact) mass is 247 g/mol. The minimum Gasteiger partial charge on any atom is -0.397 e. The first-order valence-electron chi connectivity index (χ1n) is 4.41. The Balaban J connectivity index is -0.0000000733. The number of hydrogen-bond acceptors (Lipinski definition) is 5. The van der Waals surface area contributed by atoms with E-state index in [9.17, 15) is 8.42 Å². The summed E-state index contributed by atoms with van der Waals surface area (Å²) >= 11 is 0. The van der Waals surface area contributed by atoms with Gasteiger partial charge in [-0.2, -0.15) is 8.42 Å². The SMILES string of the molecule is CC(C)CS(=O)(=O)O.CCO.CCO.N. The van der Waals surface area contributed by atoms with Gasteiger partial charge in [0.1, 0.15) is 0 Å². The topological polar surface area (TPSA) is 130 Å². The molecule has 7 heteroatoms. The van der Waals surface area contributed by atoms with E-state index in [0.717, 1.165) is 0 Å². The Hall–Kier alpha value is -0.210. The lowest BCUT2D eigenvalue weighted by Crippen LogP contribution is -2.09. The molecule has 0 fully saturated rings. The maximum absolute atomic E-state index is 10.00. The summed E-state index contributed by atoms with van der Waals surface area (Å²) < 4.78 is 28.2. The second-order valence-corrected chi connectivity index (χ2v) is 4.27. The molecule has 0 unspecified atom stereocenters. The quantitative estimate of drug-likeness (QED) is 0.531. The van der Waals surface area contributed by atoms with Crippen molar-refractivity contribution in [1.82, 2.24) is 6.15 Å². The Morgan fingerprint density at radius 3 is 1.27 bits per heavy atom. The van der Waals surface area contributed by atoms with Crippen LogP contribution in [0.15, 0.2) is 0 Å². The summed E-state index contributed by atoms with van der Waals surface area (Å²) in [6, 6.07) is 0. The molecule has 0 aromatic carbocycles. The van der Waals surface area contributed by atoms with Crippen LogP contribution in [0, 0.1) is 5.92 Å². The van der Waals surface area contributed by atoms with Gasteiger partial charge in [-0.1, -0.05) is 13.8 Å². The molecule has 0 aliphatic heterocycles. The number of aliphatic hydroxyl groups excluding tert-OH is 2. The summed E-state index contributed by atoms with van der Waals surface area (Å²) in [5.74, 6) is -0.141. The first kappa shape index (κ1) is 24.2. The minimum atomic E-state index is -3.72. The minimum absolute atomic E-state index is 0. The van der Waals surface area contributed by atoms with Crippen LogP contribution in [0.4, 0.5) is 0 Å². The van der Waals surface area contributed by atoms with Crippen LogP contribution in [0.1, 0.15) is 27.7 Å². The summed E-state index contributed by atoms with van der Waals surface area (Å²) in [7, 11) is -3.72. The zero-order chi connectivity index (χ0) is 12.2. The van der Waals surface area contributed by atoms with Crippen molar-refractivity contribution >= 4 is 10.1 Å². The van der Waals surface area contributed by atoms with Crippen LogP contribution in [-0.2, 0) is 10.1 Å². The third-order valence-electron chi connectivity index (χ3n) is 0.544. The van der Waals surface area contributed by atoms with Crippen molar-refractivity contribution < 1.29 is 23.2 Å². The van der Waals surface area contributed by atoms with E-state index in [1.807, 2.05) is 0 Å². The van der Waals surface area contributed by atoms with Gasteiger partial charge in [-0.3, -0.25) is 4.55 Å². The molecule has 0 spiro atoms. The van der Waals surface area contributed by atoms with Gasteiger partial charge in [-0.25, -0.2) is 0 Å². The standard InChI is InChI=1S/C4H10O3S.2C2H6O.H3N/c1-4(2)3-8(5,6)7;2*1-2-3;/h4H,3H2,1-2H3,(H,5,6,7);2*3H,2H2,1H3;1H3. The highest BCUT2D eigenvalue weighted by atomic mass is 32.2. The highest BCUT2D eigenvalue weighted by molar-refractivity contribution is 7.85. The van der Waals surface area contributed by atoms with Crippen LogP contribution in [0.5, 0.6) is 0 Å². The maximum Gasteiger partial charge on any atom is 0.265 e. The van der Waals surface area contributed by atoms with E-state index < -0.39 is 10.1 Å². The first-order chi connectivity index (χ1) is 6.24. The highest BCUT2D eigenvalue weighted by Gasteiger charge is 2.05. The van der Waals surface area contributed by atoms with E-state index in [1.165, 1.54) is 0 Å². The lowest BCUT2D eigenvalue weighted by Gasteiger charge is -1.97. The van der Waals surface area contributed by atoms with Gasteiger partial charge in [-0.15, -0.1) is 0 Å². The number of rotatable bonds is 2. The van der Waals surface area contributed by atoms with Crippen LogP contribution in [-0.4, -0.2) is 42.2 Å². The molecule has 0 saturated heterocycles. The molecule has 15 heavy (non-hydrogen) atoms. The number of aliphatic hydroxyl groups is 2. The molecule has 0 radical (unpaired) electrons. The zero-order valence-corrected chi connectivity index (χ0v) is 10.8. The predicted molar refractivity (Wildman–Crippen MR) is 61.8 cm³/mol. The van der Waals surface area contributed by atoms with Crippen molar-refractivity contribution in [1.29, 1.82) is 0 Å². The molecule has 0 saturated carbocycles. The van der Waals surface area contributed by atoms with E-state index in [-0.39, 0.29) is 31.0 Å². The average molecular weight is 247 g/mol. The van der Waals surface area contributed by atoms with Gasteiger partial charge in [-0.05, 0) is 19.8 Å². The molecule has 6 N–H and O–H groups in total. The van der Waals surface area contributed by atoms with E-state index in [2.05, 4.69) is 0 Å². The fraction of sp³-hybridized carbons (Fsp3) is 1.00. The van der Waals surface area contributed by atoms with Crippen LogP contribution in [0.2, 0.25) is 0 Å². The Kier molecular flexibility index (Phi) is 26.1. The van der Waals surface area contributed by atoms with Crippen molar-refractivity contribution in [2.24, 2.45) is 5.92 Å². The molecule has 0 rings (SSSR count). The van der Waals surface area contributed by atoms with Gasteiger partial charge in [0, 0.05) is 13.2 Å². The first-order valence-corrected chi connectivity index (χ1v) is 6.02. The maximum atomic E-state index is 10.00. The Morgan fingerprint density at radius 2 is 1.27 bits per heavy atom. The molecule has 0 aromatic heterocycles. The Labute approximate surface area is 92.7 Å². The third-order valence-corrected chi connectivity index (χ3v) is 1.63. The lowest BCUT2D eigenvalue weighted by molar-refractivity contribution is 0.318. The lowest BCUT2D eigenvalue weighted by atomic mass is 10.3. The zero-order valence-electron chi connectivity index (χ0n) is 9.97. The average Bonchev–Trinajstić information content (AvgIpc) is 1.83. The molecule has 0 aliphatic rings. The molecule has 0 heterocycles. The molecule has 0 aromatic rings. The summed E-state index contributed by atoms with van der Waals surface area (Å²) in [5.41, 5.74) is 0. The molecular formula is C8H25NO5S. The van der Waals surface area contributed by atoms with E-state index in [1.54, 1.807) is 27.7 Å². The number of hydrogen-bond donors (Lipinski definition) is 4. The second kappa shape index (κ2) is 16.2. The van der Waals surface area contributed by atoms with Gasteiger partial charge in [0.2, 0.25) is 0 Å². The Bertz CT molecular complexity index is 177. The molecule has 98 valence electrons. The molecule has 0 atom stereocenters. The largest absolute Gasteiger partial charge is 0.397 e. The van der Waals surface area contributed by atoms with E-state index in [0.29, 0.717) is 0 Å². The highest BCUT2D eigenvalue weighted by Crippen LogP contribution is 1.95. The molecule has 0 bridgehead atoms. The van der Waals surface area contributed by atoms with E-state index in [4.69, 9.17) is 14.8 Å². The van der Waals surface area contributed by atoms with Crippen molar-refractivity contribution in [2.75, 3.05) is 19.0 Å². The normalized spacial score (nSPS) is 9.07. The van der Waals surface area contributed by atoms with Crippen molar-refractivity contribution in [2.45, 2.75) is 27.7 Å². The smallest absolute Gasteiger partial charge is 0.265 e. The predicted octanol–water partition coefficient (Wildman–Crippen LogP) is 0.689. The second-order valence-electron chi connectivity index (χ2n) is 2.77. The summed E-state index contributed by atoms with van der Waals surface area (Å²) in [6.07, 6.45) is 0. The Morgan fingerprint density at radius 1 is 1.07 bits per heavy atom. The third kappa shape index (κ3) is 83.5. The molecular weight excluding hydrogens is 222 g/mol. The van der Waals surface area contributed by atoms with Crippen molar-refractivity contribution in [3.63, 3.8) is 0 Å².